The summed E-state index contributed by atoms with van der Waals surface area (Å²) in [6.07, 6.45) is 0.917. The summed E-state index contributed by atoms with van der Waals surface area (Å²) in [7, 11) is 0. The van der Waals surface area contributed by atoms with Crippen molar-refractivity contribution in [1.29, 1.82) is 0 Å². The Morgan fingerprint density at radius 3 is 2.29 bits per heavy atom. The Kier molecular flexibility index (Phi) is 6.31. The van der Waals surface area contributed by atoms with E-state index >= 15 is 0 Å². The van der Waals surface area contributed by atoms with Crippen LogP contribution in [0, 0.1) is 5.82 Å². The summed E-state index contributed by atoms with van der Waals surface area (Å²) in [5.41, 5.74) is 1.80. The number of ether oxygens (including phenoxy) is 2. The van der Waals surface area contributed by atoms with Crippen molar-refractivity contribution in [2.75, 3.05) is 18.5 Å². The molecule has 2 aromatic rings. The van der Waals surface area contributed by atoms with Crippen molar-refractivity contribution in [1.82, 2.24) is 0 Å². The maximum absolute atomic E-state index is 12.7. The number of carbonyl (C=O) groups is 2. The van der Waals surface area contributed by atoms with E-state index in [4.69, 9.17) is 9.47 Å². The zero-order valence-corrected chi connectivity index (χ0v) is 13.3. The van der Waals surface area contributed by atoms with Gasteiger partial charge >= 0.3 is 5.97 Å². The number of benzene rings is 2. The summed E-state index contributed by atoms with van der Waals surface area (Å²) in [6.45, 7) is 1.28. The number of hydrogen-bond donors (Lipinski definition) is 1. The van der Waals surface area contributed by atoms with Crippen molar-refractivity contribution in [2.24, 2.45) is 0 Å². The van der Waals surface area contributed by atoms with E-state index in [2.05, 4.69) is 5.32 Å². The second-order valence-electron chi connectivity index (χ2n) is 5.00. The van der Waals surface area contributed by atoms with Crippen molar-refractivity contribution < 1.29 is 23.5 Å². The van der Waals surface area contributed by atoms with Gasteiger partial charge in [0.15, 0.2) is 13.2 Å². The van der Waals surface area contributed by atoms with E-state index in [1.165, 1.54) is 24.3 Å². The molecule has 6 heteroatoms. The van der Waals surface area contributed by atoms with Gasteiger partial charge in [-0.2, -0.15) is 0 Å². The number of aryl methyl sites for hydroxylation is 1. The van der Waals surface area contributed by atoms with Crippen molar-refractivity contribution in [2.45, 2.75) is 13.3 Å². The van der Waals surface area contributed by atoms with E-state index < -0.39 is 24.3 Å². The largest absolute Gasteiger partial charge is 0.482 e. The number of amides is 1. The lowest BCUT2D eigenvalue weighted by molar-refractivity contribution is -0.149. The van der Waals surface area contributed by atoms with Crippen LogP contribution >= 0.6 is 0 Å². The topological polar surface area (TPSA) is 64.6 Å². The van der Waals surface area contributed by atoms with E-state index in [1.54, 1.807) is 12.1 Å². The Bertz CT molecular complexity index is 683. The molecule has 0 atom stereocenters. The van der Waals surface area contributed by atoms with Gasteiger partial charge in [-0.25, -0.2) is 9.18 Å². The fourth-order valence-corrected chi connectivity index (χ4v) is 1.88. The lowest BCUT2D eigenvalue weighted by Gasteiger charge is -2.08. The smallest absolute Gasteiger partial charge is 0.344 e. The van der Waals surface area contributed by atoms with Crippen molar-refractivity contribution in [3.8, 4) is 5.75 Å². The molecule has 0 heterocycles. The minimum atomic E-state index is -0.684. The molecular formula is C18H18FNO4. The zero-order chi connectivity index (χ0) is 17.4. The highest BCUT2D eigenvalue weighted by molar-refractivity contribution is 5.92. The van der Waals surface area contributed by atoms with E-state index in [0.717, 1.165) is 12.0 Å². The fourth-order valence-electron chi connectivity index (χ4n) is 1.88. The number of esters is 1. The maximum atomic E-state index is 12.7. The molecule has 0 aliphatic carbocycles. The molecule has 0 saturated carbocycles. The molecule has 0 radical (unpaired) electrons. The summed E-state index contributed by atoms with van der Waals surface area (Å²) in [6, 6.07) is 12.6. The van der Waals surface area contributed by atoms with Crippen LogP contribution in [0.3, 0.4) is 0 Å². The molecule has 1 N–H and O–H groups in total. The van der Waals surface area contributed by atoms with Gasteiger partial charge < -0.3 is 14.8 Å². The lowest BCUT2D eigenvalue weighted by Crippen LogP contribution is -2.23. The normalized spacial score (nSPS) is 10.1. The molecule has 24 heavy (non-hydrogen) atoms. The molecule has 2 rings (SSSR count). The van der Waals surface area contributed by atoms with Crippen LogP contribution in [-0.2, 0) is 20.7 Å². The molecule has 0 bridgehead atoms. The van der Waals surface area contributed by atoms with Crippen LogP contribution in [0.5, 0.6) is 5.75 Å². The molecule has 1 amide bonds. The van der Waals surface area contributed by atoms with Gasteiger partial charge in [0.2, 0.25) is 0 Å². The predicted molar refractivity (Wildman–Crippen MR) is 87.3 cm³/mol. The summed E-state index contributed by atoms with van der Waals surface area (Å²) in [5, 5.41) is 2.63. The Balaban J connectivity index is 1.70. The SMILES string of the molecule is CCc1ccc(NC(=O)COC(=O)COc2ccc(F)cc2)cc1. The van der Waals surface area contributed by atoms with Gasteiger partial charge in [-0.15, -0.1) is 0 Å². The third kappa shape index (κ3) is 5.72. The quantitative estimate of drug-likeness (QED) is 0.792. The van der Waals surface area contributed by atoms with Gasteiger partial charge in [0.1, 0.15) is 11.6 Å². The van der Waals surface area contributed by atoms with E-state index in [-0.39, 0.29) is 6.61 Å². The minimum absolute atomic E-state index is 0.341. The molecule has 126 valence electrons. The highest BCUT2D eigenvalue weighted by Crippen LogP contribution is 2.11. The Morgan fingerprint density at radius 2 is 1.67 bits per heavy atom. The van der Waals surface area contributed by atoms with Crippen molar-refractivity contribution in [3.63, 3.8) is 0 Å². The number of hydrogen-bond acceptors (Lipinski definition) is 4. The summed E-state index contributed by atoms with van der Waals surface area (Å²) >= 11 is 0. The molecule has 0 aliphatic rings. The van der Waals surface area contributed by atoms with Gasteiger partial charge in [-0.3, -0.25) is 4.79 Å². The molecule has 0 spiro atoms. The van der Waals surface area contributed by atoms with Gasteiger partial charge in [0.05, 0.1) is 0 Å². The minimum Gasteiger partial charge on any atom is -0.482 e. The first-order valence-corrected chi connectivity index (χ1v) is 7.49. The van der Waals surface area contributed by atoms with E-state index in [9.17, 15) is 14.0 Å². The van der Waals surface area contributed by atoms with Crippen LogP contribution in [0.25, 0.3) is 0 Å². The molecule has 0 aromatic heterocycles. The molecule has 0 fully saturated rings. The standard InChI is InChI=1S/C18H18FNO4/c1-2-13-3-7-15(8-4-13)20-17(21)11-24-18(22)12-23-16-9-5-14(19)6-10-16/h3-10H,2,11-12H2,1H3,(H,20,21). The molecule has 5 nitrogen and oxygen atoms in total. The van der Waals surface area contributed by atoms with Crippen LogP contribution in [-0.4, -0.2) is 25.1 Å². The van der Waals surface area contributed by atoms with Crippen LogP contribution in [0.1, 0.15) is 12.5 Å². The number of halogens is 1. The average Bonchev–Trinajstić information content (AvgIpc) is 2.60. The van der Waals surface area contributed by atoms with Crippen molar-refractivity contribution in [3.05, 3.63) is 59.9 Å². The first-order chi connectivity index (χ1) is 11.6. The fraction of sp³-hybridized carbons (Fsp3) is 0.222. The van der Waals surface area contributed by atoms with Crippen molar-refractivity contribution >= 4 is 17.6 Å². The Labute approximate surface area is 139 Å². The summed E-state index contributed by atoms with van der Waals surface area (Å²) < 4.78 is 22.7. The summed E-state index contributed by atoms with van der Waals surface area (Å²) in [4.78, 5) is 23.2. The van der Waals surface area contributed by atoms with Crippen LogP contribution < -0.4 is 10.1 Å². The summed E-state index contributed by atoms with van der Waals surface area (Å²) in [5.74, 6) is -1.17. The number of rotatable bonds is 7. The highest BCUT2D eigenvalue weighted by Gasteiger charge is 2.09. The Hall–Kier alpha value is -2.89. The first kappa shape index (κ1) is 17.5. The number of carbonyl (C=O) groups excluding carboxylic acids is 2. The predicted octanol–water partition coefficient (Wildman–Crippen LogP) is 2.95. The molecule has 0 saturated heterocycles. The number of nitrogens with one attached hydrogen (secondary N) is 1. The van der Waals surface area contributed by atoms with Gasteiger partial charge in [-0.1, -0.05) is 19.1 Å². The van der Waals surface area contributed by atoms with Crippen LogP contribution in [0.2, 0.25) is 0 Å². The molecule has 0 unspecified atom stereocenters. The van der Waals surface area contributed by atoms with E-state index in [0.29, 0.717) is 11.4 Å². The molecular weight excluding hydrogens is 313 g/mol. The molecule has 0 aliphatic heterocycles. The van der Waals surface area contributed by atoms with Crippen LogP contribution in [0.4, 0.5) is 10.1 Å². The third-order valence-corrected chi connectivity index (χ3v) is 3.18. The Morgan fingerprint density at radius 1 is 1.00 bits per heavy atom. The average molecular weight is 331 g/mol. The third-order valence-electron chi connectivity index (χ3n) is 3.18. The number of anilines is 1. The van der Waals surface area contributed by atoms with Gasteiger partial charge in [-0.05, 0) is 48.4 Å². The van der Waals surface area contributed by atoms with Crippen LogP contribution in [0.15, 0.2) is 48.5 Å². The van der Waals surface area contributed by atoms with Gasteiger partial charge in [0.25, 0.3) is 5.91 Å². The molecule has 2 aromatic carbocycles. The highest BCUT2D eigenvalue weighted by atomic mass is 19.1. The van der Waals surface area contributed by atoms with E-state index in [1.807, 2.05) is 19.1 Å². The zero-order valence-electron chi connectivity index (χ0n) is 13.3. The first-order valence-electron chi connectivity index (χ1n) is 7.49. The van der Waals surface area contributed by atoms with Gasteiger partial charge in [0, 0.05) is 5.69 Å². The second kappa shape index (κ2) is 8.67. The maximum Gasteiger partial charge on any atom is 0.344 e. The monoisotopic (exact) mass is 331 g/mol. The lowest BCUT2D eigenvalue weighted by atomic mass is 10.1. The second-order valence-corrected chi connectivity index (χ2v) is 5.00.